The highest BCUT2D eigenvalue weighted by molar-refractivity contribution is 5.95. The van der Waals surface area contributed by atoms with Crippen LogP contribution in [0.2, 0.25) is 0 Å². The lowest BCUT2D eigenvalue weighted by atomic mass is 10.1. The third-order valence-corrected chi connectivity index (χ3v) is 4.92. The Bertz CT molecular complexity index is 922. The average Bonchev–Trinajstić information content (AvgIpc) is 2.80. The zero-order chi connectivity index (χ0) is 29.4. The van der Waals surface area contributed by atoms with E-state index in [0.29, 0.717) is 0 Å². The lowest BCUT2D eigenvalue weighted by Crippen LogP contribution is -2.57. The molecular formula is C20H35N9O9. The van der Waals surface area contributed by atoms with Crippen LogP contribution in [0.3, 0.4) is 0 Å². The summed E-state index contributed by atoms with van der Waals surface area (Å²) in [5.74, 6) is -7.74. The van der Waals surface area contributed by atoms with E-state index in [1.165, 1.54) is 0 Å². The lowest BCUT2D eigenvalue weighted by Gasteiger charge is -2.24. The number of primary amides is 2. The molecule has 18 heteroatoms. The van der Waals surface area contributed by atoms with Gasteiger partial charge in [0.05, 0.1) is 12.5 Å². The first kappa shape index (κ1) is 33.5. The molecule has 0 heterocycles. The average molecular weight is 546 g/mol. The molecule has 0 spiro atoms. The molecule has 0 aliphatic carbocycles. The molecule has 4 atom stereocenters. The standard InChI is InChI=1S/C20H35N9O9/c21-9(3-5-13(22)30)16(34)27-10(2-1-7-26-20(24)25)17(35)29-12(8-15(32)33)18(36)28-11(19(37)38)4-6-14(23)31/h9-12H,1-8,21H2,(H2,22,30)(H2,23,31)(H,27,34)(H,28,36)(H,29,35)(H,32,33)(H,37,38)(H4,24,25,26). The second kappa shape index (κ2) is 17.1. The molecule has 0 radical (unpaired) electrons. The van der Waals surface area contributed by atoms with Crippen LogP contribution in [0.4, 0.5) is 0 Å². The van der Waals surface area contributed by atoms with Gasteiger partial charge in [0.25, 0.3) is 0 Å². The van der Waals surface area contributed by atoms with E-state index in [-0.39, 0.29) is 51.0 Å². The summed E-state index contributed by atoms with van der Waals surface area (Å²) in [6.45, 7) is 0.0644. The van der Waals surface area contributed by atoms with Crippen LogP contribution in [-0.4, -0.2) is 88.4 Å². The Balaban J connectivity index is 5.65. The van der Waals surface area contributed by atoms with Gasteiger partial charge >= 0.3 is 11.9 Å². The SMILES string of the molecule is NC(=O)CCC(N)C(=O)NC(CCCN=C(N)N)C(=O)NC(CC(=O)O)C(=O)NC(CCC(N)=O)C(=O)O. The maximum atomic E-state index is 13.0. The maximum Gasteiger partial charge on any atom is 0.326 e. The van der Waals surface area contributed by atoms with Gasteiger partial charge in [0.1, 0.15) is 18.1 Å². The van der Waals surface area contributed by atoms with Crippen LogP contribution in [0.15, 0.2) is 4.99 Å². The minimum Gasteiger partial charge on any atom is -0.481 e. The zero-order valence-electron chi connectivity index (χ0n) is 20.6. The van der Waals surface area contributed by atoms with Gasteiger partial charge in [-0.3, -0.25) is 33.8 Å². The highest BCUT2D eigenvalue weighted by Gasteiger charge is 2.31. The highest BCUT2D eigenvalue weighted by atomic mass is 16.4. The van der Waals surface area contributed by atoms with Crippen molar-refractivity contribution in [3.63, 3.8) is 0 Å². The Hall–Kier alpha value is -4.48. The number of carbonyl (C=O) groups excluding carboxylic acids is 5. The number of carbonyl (C=O) groups is 7. The van der Waals surface area contributed by atoms with Crippen molar-refractivity contribution < 1.29 is 43.8 Å². The van der Waals surface area contributed by atoms with Gasteiger partial charge in [-0.1, -0.05) is 0 Å². The Labute approximate surface area is 217 Å². The molecule has 4 unspecified atom stereocenters. The summed E-state index contributed by atoms with van der Waals surface area (Å²) in [4.78, 5) is 86.4. The number of nitrogens with zero attached hydrogens (tertiary/aromatic N) is 1. The zero-order valence-corrected chi connectivity index (χ0v) is 20.6. The van der Waals surface area contributed by atoms with Gasteiger partial charge in [0.15, 0.2) is 5.96 Å². The van der Waals surface area contributed by atoms with Crippen molar-refractivity contribution in [1.29, 1.82) is 0 Å². The molecule has 0 aromatic heterocycles. The smallest absolute Gasteiger partial charge is 0.326 e. The summed E-state index contributed by atoms with van der Waals surface area (Å²) in [5, 5.41) is 25.0. The molecular weight excluding hydrogens is 510 g/mol. The summed E-state index contributed by atoms with van der Waals surface area (Å²) >= 11 is 0. The van der Waals surface area contributed by atoms with E-state index < -0.39 is 72.1 Å². The first-order chi connectivity index (χ1) is 17.6. The van der Waals surface area contributed by atoms with Crippen molar-refractivity contribution >= 4 is 47.4 Å². The van der Waals surface area contributed by atoms with Gasteiger partial charge in [-0.05, 0) is 25.7 Å². The van der Waals surface area contributed by atoms with E-state index in [4.69, 9.17) is 28.7 Å². The van der Waals surface area contributed by atoms with Crippen LogP contribution in [0.1, 0.15) is 44.9 Å². The molecule has 0 aromatic rings. The molecule has 0 aliphatic heterocycles. The van der Waals surface area contributed by atoms with Crippen LogP contribution < -0.4 is 44.6 Å². The van der Waals surface area contributed by atoms with E-state index in [2.05, 4.69) is 20.9 Å². The Kier molecular flexibility index (Phi) is 15.0. The van der Waals surface area contributed by atoms with Gasteiger partial charge < -0.3 is 54.8 Å². The lowest BCUT2D eigenvalue weighted by molar-refractivity contribution is -0.144. The summed E-state index contributed by atoms with van der Waals surface area (Å²) in [7, 11) is 0. The van der Waals surface area contributed by atoms with Crippen LogP contribution in [0.25, 0.3) is 0 Å². The quantitative estimate of drug-likeness (QED) is 0.0414. The topological polar surface area (TPSA) is 338 Å². The number of hydrogen-bond acceptors (Lipinski definition) is 9. The fourth-order valence-electron chi connectivity index (χ4n) is 2.95. The first-order valence-corrected chi connectivity index (χ1v) is 11.4. The predicted molar refractivity (Wildman–Crippen MR) is 130 cm³/mol. The van der Waals surface area contributed by atoms with Crippen molar-refractivity contribution in [2.45, 2.75) is 69.1 Å². The van der Waals surface area contributed by atoms with E-state index >= 15 is 0 Å². The van der Waals surface area contributed by atoms with E-state index in [1.807, 2.05) is 0 Å². The number of amides is 5. The summed E-state index contributed by atoms with van der Waals surface area (Å²) in [6, 6.07) is -5.90. The number of aliphatic carboxylic acids is 2. The monoisotopic (exact) mass is 545 g/mol. The fraction of sp³-hybridized carbons (Fsp3) is 0.600. The maximum absolute atomic E-state index is 13.0. The molecule has 5 amide bonds. The van der Waals surface area contributed by atoms with Gasteiger partial charge in [-0.15, -0.1) is 0 Å². The van der Waals surface area contributed by atoms with E-state index in [0.717, 1.165) is 0 Å². The third-order valence-electron chi connectivity index (χ3n) is 4.92. The van der Waals surface area contributed by atoms with Crippen LogP contribution >= 0.6 is 0 Å². The number of nitrogens with one attached hydrogen (secondary N) is 3. The van der Waals surface area contributed by atoms with Crippen molar-refractivity contribution in [2.24, 2.45) is 33.7 Å². The summed E-state index contributed by atoms with van der Waals surface area (Å²) in [6.07, 6.45) is -1.92. The van der Waals surface area contributed by atoms with Crippen molar-refractivity contribution in [3.8, 4) is 0 Å². The summed E-state index contributed by atoms with van der Waals surface area (Å²) < 4.78 is 0. The third kappa shape index (κ3) is 14.8. The largest absolute Gasteiger partial charge is 0.481 e. The molecule has 0 fully saturated rings. The van der Waals surface area contributed by atoms with E-state index in [1.54, 1.807) is 0 Å². The number of guanidine groups is 1. The molecule has 0 saturated heterocycles. The van der Waals surface area contributed by atoms with Crippen LogP contribution in [0.5, 0.6) is 0 Å². The van der Waals surface area contributed by atoms with Gasteiger partial charge in [0.2, 0.25) is 29.5 Å². The molecule has 15 N–H and O–H groups in total. The van der Waals surface area contributed by atoms with Gasteiger partial charge in [-0.2, -0.15) is 0 Å². The minimum absolute atomic E-state index is 0.0644. The number of aliphatic imine (C=N–C) groups is 1. The Morgan fingerprint density at radius 2 is 1.18 bits per heavy atom. The molecule has 0 bridgehead atoms. The van der Waals surface area contributed by atoms with Crippen LogP contribution in [-0.2, 0) is 33.6 Å². The molecule has 0 aliphatic rings. The number of nitrogens with two attached hydrogens (primary N) is 5. The predicted octanol–water partition coefficient (Wildman–Crippen LogP) is -5.09. The van der Waals surface area contributed by atoms with E-state index in [9.17, 15) is 43.8 Å². The van der Waals surface area contributed by atoms with Crippen molar-refractivity contribution in [3.05, 3.63) is 0 Å². The van der Waals surface area contributed by atoms with Crippen LogP contribution in [0, 0.1) is 0 Å². The molecule has 0 aromatic carbocycles. The molecule has 38 heavy (non-hydrogen) atoms. The summed E-state index contributed by atoms with van der Waals surface area (Å²) in [5.41, 5.74) is 26.2. The molecule has 18 nitrogen and oxygen atoms in total. The van der Waals surface area contributed by atoms with Gasteiger partial charge in [0, 0.05) is 19.4 Å². The van der Waals surface area contributed by atoms with Gasteiger partial charge in [-0.25, -0.2) is 4.79 Å². The Morgan fingerprint density at radius 3 is 1.68 bits per heavy atom. The molecule has 0 rings (SSSR count). The minimum atomic E-state index is -1.75. The molecule has 214 valence electrons. The van der Waals surface area contributed by atoms with Crippen molar-refractivity contribution in [2.75, 3.05) is 6.54 Å². The molecule has 0 saturated carbocycles. The normalized spacial score (nSPS) is 13.6. The second-order valence-electron chi connectivity index (χ2n) is 8.18. The van der Waals surface area contributed by atoms with Crippen molar-refractivity contribution in [1.82, 2.24) is 16.0 Å². The number of hydrogen-bond donors (Lipinski definition) is 10. The Morgan fingerprint density at radius 1 is 0.684 bits per heavy atom. The second-order valence-corrected chi connectivity index (χ2v) is 8.18. The fourth-order valence-corrected chi connectivity index (χ4v) is 2.95. The number of rotatable bonds is 19. The number of carboxylic acids is 2. The number of carboxylic acid groups (broad SMARTS) is 2. The first-order valence-electron chi connectivity index (χ1n) is 11.4. The highest BCUT2D eigenvalue weighted by Crippen LogP contribution is 2.05.